The fourth-order valence-electron chi connectivity index (χ4n) is 1.94. The lowest BCUT2D eigenvalue weighted by Crippen LogP contribution is -2.04. The van der Waals surface area contributed by atoms with Crippen LogP contribution in [-0.2, 0) is 4.74 Å². The standard InChI is InChI=1S/C12H13N5O2/c1-3-19-10(18)7-4-5-9-8(6-7)14-12-15-11(13-2)16-17(9)12/h4-6H,3H2,1-2H3,(H2,13,14,15,16). The first-order valence-corrected chi connectivity index (χ1v) is 5.96. The van der Waals surface area contributed by atoms with E-state index in [2.05, 4.69) is 20.4 Å². The molecule has 0 saturated carbocycles. The van der Waals surface area contributed by atoms with Gasteiger partial charge in [0, 0.05) is 7.05 Å². The Morgan fingerprint density at radius 2 is 2.32 bits per heavy atom. The number of fused-ring (bicyclic) bond motifs is 3. The summed E-state index contributed by atoms with van der Waals surface area (Å²) in [4.78, 5) is 20.3. The number of imidazole rings is 1. The number of H-pyrrole nitrogens is 1. The Morgan fingerprint density at radius 1 is 1.47 bits per heavy atom. The summed E-state index contributed by atoms with van der Waals surface area (Å²) in [5, 5.41) is 5.97. The maximum atomic E-state index is 11.7. The Bertz CT molecular complexity index is 758. The van der Waals surface area contributed by atoms with Crippen LogP contribution in [0.15, 0.2) is 18.2 Å². The molecule has 0 aliphatic rings. The minimum Gasteiger partial charge on any atom is -0.462 e. The quantitative estimate of drug-likeness (QED) is 0.695. The molecule has 2 aromatic heterocycles. The summed E-state index contributed by atoms with van der Waals surface area (Å²) in [5.41, 5.74) is 2.05. The third-order valence-corrected chi connectivity index (χ3v) is 2.81. The molecule has 98 valence electrons. The molecule has 0 saturated heterocycles. The number of benzene rings is 1. The Morgan fingerprint density at radius 3 is 3.05 bits per heavy atom. The van der Waals surface area contributed by atoms with Crippen molar-refractivity contribution in [2.45, 2.75) is 6.92 Å². The highest BCUT2D eigenvalue weighted by molar-refractivity contribution is 5.94. The van der Waals surface area contributed by atoms with Gasteiger partial charge in [-0.25, -0.2) is 14.3 Å². The fourth-order valence-corrected chi connectivity index (χ4v) is 1.94. The summed E-state index contributed by atoms with van der Waals surface area (Å²) >= 11 is 0. The van der Waals surface area contributed by atoms with Crippen molar-refractivity contribution in [3.05, 3.63) is 23.8 Å². The first-order chi connectivity index (χ1) is 9.22. The zero-order chi connectivity index (χ0) is 13.4. The largest absolute Gasteiger partial charge is 0.462 e. The monoisotopic (exact) mass is 259 g/mol. The molecule has 2 N–H and O–H groups in total. The van der Waals surface area contributed by atoms with E-state index < -0.39 is 0 Å². The molecule has 0 radical (unpaired) electrons. The van der Waals surface area contributed by atoms with E-state index in [9.17, 15) is 4.79 Å². The van der Waals surface area contributed by atoms with Crippen molar-refractivity contribution in [1.82, 2.24) is 19.6 Å². The van der Waals surface area contributed by atoms with Crippen molar-refractivity contribution in [2.24, 2.45) is 0 Å². The summed E-state index contributed by atoms with van der Waals surface area (Å²) in [6.07, 6.45) is 0. The Labute approximate surface area is 108 Å². The molecule has 0 bridgehead atoms. The molecule has 0 fully saturated rings. The van der Waals surface area contributed by atoms with Gasteiger partial charge in [-0.05, 0) is 25.1 Å². The topological polar surface area (TPSA) is 84.3 Å². The summed E-state index contributed by atoms with van der Waals surface area (Å²) < 4.78 is 6.72. The number of carbonyl (C=O) groups is 1. The Kier molecular flexibility index (Phi) is 2.59. The molecule has 7 heteroatoms. The van der Waals surface area contributed by atoms with Crippen LogP contribution in [0.2, 0.25) is 0 Å². The smallest absolute Gasteiger partial charge is 0.338 e. The Balaban J connectivity index is 2.11. The van der Waals surface area contributed by atoms with E-state index in [4.69, 9.17) is 4.74 Å². The van der Waals surface area contributed by atoms with Crippen LogP contribution in [0, 0.1) is 0 Å². The number of hydrogen-bond donors (Lipinski definition) is 2. The summed E-state index contributed by atoms with van der Waals surface area (Å²) in [5.74, 6) is 0.851. The molecular weight excluding hydrogens is 246 g/mol. The summed E-state index contributed by atoms with van der Waals surface area (Å²) in [6, 6.07) is 5.24. The molecule has 0 aliphatic carbocycles. The van der Waals surface area contributed by atoms with Gasteiger partial charge in [-0.2, -0.15) is 4.98 Å². The highest BCUT2D eigenvalue weighted by Crippen LogP contribution is 2.18. The molecule has 19 heavy (non-hydrogen) atoms. The molecule has 0 spiro atoms. The van der Waals surface area contributed by atoms with Gasteiger partial charge in [0.1, 0.15) is 0 Å². The van der Waals surface area contributed by atoms with Crippen molar-refractivity contribution in [3.8, 4) is 0 Å². The second kappa shape index (κ2) is 4.27. The number of carbonyl (C=O) groups excluding carboxylic acids is 1. The molecule has 0 amide bonds. The van der Waals surface area contributed by atoms with E-state index in [1.165, 1.54) is 0 Å². The van der Waals surface area contributed by atoms with Crippen LogP contribution in [0.1, 0.15) is 17.3 Å². The first kappa shape index (κ1) is 11.5. The molecule has 3 rings (SSSR count). The highest BCUT2D eigenvalue weighted by atomic mass is 16.5. The average Bonchev–Trinajstić information content (AvgIpc) is 2.94. The number of nitrogens with zero attached hydrogens (tertiary/aromatic N) is 3. The number of hydrogen-bond acceptors (Lipinski definition) is 5. The van der Waals surface area contributed by atoms with Gasteiger partial charge in [-0.1, -0.05) is 0 Å². The number of aromatic amines is 1. The molecule has 1 aromatic carbocycles. The van der Waals surface area contributed by atoms with Crippen LogP contribution in [0.4, 0.5) is 5.95 Å². The fraction of sp³-hybridized carbons (Fsp3) is 0.250. The molecular formula is C12H13N5O2. The normalized spacial score (nSPS) is 11.1. The molecule has 3 aromatic rings. The number of rotatable bonds is 3. The molecule has 0 unspecified atom stereocenters. The van der Waals surface area contributed by atoms with E-state index in [1.54, 1.807) is 30.6 Å². The maximum Gasteiger partial charge on any atom is 0.338 e. The summed E-state index contributed by atoms with van der Waals surface area (Å²) in [6.45, 7) is 2.13. The van der Waals surface area contributed by atoms with Gasteiger partial charge in [0.2, 0.25) is 5.95 Å². The minimum atomic E-state index is -0.343. The van der Waals surface area contributed by atoms with E-state index in [-0.39, 0.29) is 5.97 Å². The van der Waals surface area contributed by atoms with Crippen LogP contribution in [0.3, 0.4) is 0 Å². The number of nitrogens with one attached hydrogen (secondary N) is 2. The van der Waals surface area contributed by atoms with Crippen molar-refractivity contribution in [2.75, 3.05) is 19.0 Å². The molecule has 0 aliphatic heterocycles. The van der Waals surface area contributed by atoms with E-state index in [0.29, 0.717) is 29.4 Å². The second-order valence-corrected chi connectivity index (χ2v) is 3.99. The van der Waals surface area contributed by atoms with Crippen molar-refractivity contribution < 1.29 is 9.53 Å². The lowest BCUT2D eigenvalue weighted by Gasteiger charge is -2.01. The Hall–Kier alpha value is -2.57. The van der Waals surface area contributed by atoms with Gasteiger partial charge in [-0.15, -0.1) is 0 Å². The van der Waals surface area contributed by atoms with E-state index in [1.807, 2.05) is 6.07 Å². The average molecular weight is 259 g/mol. The van der Waals surface area contributed by atoms with Gasteiger partial charge in [0.25, 0.3) is 5.78 Å². The maximum absolute atomic E-state index is 11.7. The van der Waals surface area contributed by atoms with Gasteiger partial charge in [0.15, 0.2) is 0 Å². The predicted molar refractivity (Wildman–Crippen MR) is 70.3 cm³/mol. The highest BCUT2D eigenvalue weighted by Gasteiger charge is 2.12. The third-order valence-electron chi connectivity index (χ3n) is 2.81. The van der Waals surface area contributed by atoms with Crippen LogP contribution < -0.4 is 5.32 Å². The van der Waals surface area contributed by atoms with Crippen LogP contribution >= 0.6 is 0 Å². The van der Waals surface area contributed by atoms with E-state index >= 15 is 0 Å². The van der Waals surface area contributed by atoms with Crippen molar-refractivity contribution in [1.29, 1.82) is 0 Å². The molecule has 7 nitrogen and oxygen atoms in total. The molecule has 2 heterocycles. The lowest BCUT2D eigenvalue weighted by molar-refractivity contribution is 0.0526. The van der Waals surface area contributed by atoms with Crippen molar-refractivity contribution >= 4 is 28.7 Å². The SMILES string of the molecule is CCOC(=O)c1ccc2c(c1)nc1nc(NC)[nH]n12. The second-order valence-electron chi connectivity index (χ2n) is 3.99. The van der Waals surface area contributed by atoms with Crippen LogP contribution in [0.25, 0.3) is 16.8 Å². The lowest BCUT2D eigenvalue weighted by atomic mass is 10.2. The van der Waals surface area contributed by atoms with Gasteiger partial charge < -0.3 is 10.1 Å². The zero-order valence-corrected chi connectivity index (χ0v) is 10.6. The van der Waals surface area contributed by atoms with Crippen LogP contribution in [-0.4, -0.2) is 39.2 Å². The van der Waals surface area contributed by atoms with Gasteiger partial charge >= 0.3 is 5.97 Å². The van der Waals surface area contributed by atoms with Crippen LogP contribution in [0.5, 0.6) is 0 Å². The van der Waals surface area contributed by atoms with Crippen molar-refractivity contribution in [3.63, 3.8) is 0 Å². The summed E-state index contributed by atoms with van der Waals surface area (Å²) in [7, 11) is 1.78. The van der Waals surface area contributed by atoms with Gasteiger partial charge in [0.05, 0.1) is 23.2 Å². The van der Waals surface area contributed by atoms with Gasteiger partial charge in [-0.3, -0.25) is 5.10 Å². The zero-order valence-electron chi connectivity index (χ0n) is 10.6. The first-order valence-electron chi connectivity index (χ1n) is 5.96. The number of esters is 1. The minimum absolute atomic E-state index is 0.343. The number of aromatic nitrogens is 4. The predicted octanol–water partition coefficient (Wildman–Crippen LogP) is 1.43. The van der Waals surface area contributed by atoms with E-state index in [0.717, 1.165) is 5.52 Å². The number of ether oxygens (including phenoxy) is 1. The third kappa shape index (κ3) is 1.79. The number of anilines is 1. The molecule has 0 atom stereocenters.